The molecular weight excluding hydrogens is 415 g/mol. The van der Waals surface area contributed by atoms with Gasteiger partial charge in [0.2, 0.25) is 0 Å². The van der Waals surface area contributed by atoms with Crippen molar-refractivity contribution >= 4 is 11.6 Å². The van der Waals surface area contributed by atoms with Crippen molar-refractivity contribution in [1.29, 1.82) is 0 Å². The quantitative estimate of drug-likeness (QED) is 0.627. The van der Waals surface area contributed by atoms with Crippen molar-refractivity contribution in [3.8, 4) is 0 Å². The molecule has 5 rings (SSSR count). The van der Waals surface area contributed by atoms with Crippen LogP contribution in [0.2, 0.25) is 0 Å². The lowest BCUT2D eigenvalue weighted by Crippen LogP contribution is -2.55. The molecule has 6 unspecified atom stereocenters. The second-order valence-electron chi connectivity index (χ2n) is 11.6. The highest BCUT2D eigenvalue weighted by molar-refractivity contribution is 5.91. The van der Waals surface area contributed by atoms with Crippen LogP contribution in [0.3, 0.4) is 0 Å². The molecule has 0 amide bonds. The van der Waals surface area contributed by atoms with Crippen LogP contribution in [-0.2, 0) is 16.0 Å². The van der Waals surface area contributed by atoms with Crippen LogP contribution in [0.5, 0.6) is 0 Å². The summed E-state index contributed by atoms with van der Waals surface area (Å²) < 4.78 is 14.5. The Hall–Kier alpha value is -1.81. The molecule has 0 heterocycles. The third-order valence-corrected chi connectivity index (χ3v) is 10.00. The fraction of sp³-hybridized carbons (Fsp3) is 0.655. The van der Waals surface area contributed by atoms with Gasteiger partial charge < -0.3 is 5.11 Å². The molecule has 0 radical (unpaired) electrons. The van der Waals surface area contributed by atoms with Crippen LogP contribution in [0.4, 0.5) is 4.39 Å². The Labute approximate surface area is 196 Å². The maximum absolute atomic E-state index is 14.5. The van der Waals surface area contributed by atoms with E-state index in [0.29, 0.717) is 43.1 Å². The zero-order valence-electron chi connectivity index (χ0n) is 20.3. The number of ketones is 2. The topological polar surface area (TPSA) is 54.4 Å². The first-order chi connectivity index (χ1) is 15.6. The fourth-order valence-corrected chi connectivity index (χ4v) is 8.33. The molecule has 3 fully saturated rings. The van der Waals surface area contributed by atoms with Gasteiger partial charge in [-0.3, -0.25) is 9.59 Å². The SMILES string of the molecule is Cc1cc(C)c(CCC(=O)C2CCC3C4CCC5=CC(=O)CCC5(C)C4CCC23O)c(F)c1. The lowest BCUT2D eigenvalue weighted by Gasteiger charge is -2.57. The van der Waals surface area contributed by atoms with E-state index in [0.717, 1.165) is 49.7 Å². The predicted octanol–water partition coefficient (Wildman–Crippen LogP) is 5.82. The smallest absolute Gasteiger partial charge is 0.155 e. The van der Waals surface area contributed by atoms with Crippen LogP contribution in [0.1, 0.15) is 81.4 Å². The van der Waals surface area contributed by atoms with E-state index >= 15 is 0 Å². The van der Waals surface area contributed by atoms with E-state index in [9.17, 15) is 19.1 Å². The first-order valence-corrected chi connectivity index (χ1v) is 12.9. The van der Waals surface area contributed by atoms with Crippen molar-refractivity contribution in [3.05, 3.63) is 46.3 Å². The van der Waals surface area contributed by atoms with Crippen molar-refractivity contribution in [1.82, 2.24) is 0 Å². The summed E-state index contributed by atoms with van der Waals surface area (Å²) in [6.45, 7) is 6.12. The van der Waals surface area contributed by atoms with Gasteiger partial charge in [0.25, 0.3) is 0 Å². The maximum atomic E-state index is 14.5. The normalized spacial score (nSPS) is 37.7. The number of rotatable bonds is 4. The van der Waals surface area contributed by atoms with Gasteiger partial charge in [-0.15, -0.1) is 0 Å². The van der Waals surface area contributed by atoms with E-state index in [1.807, 2.05) is 26.0 Å². The van der Waals surface area contributed by atoms with E-state index in [2.05, 4.69) is 6.92 Å². The summed E-state index contributed by atoms with van der Waals surface area (Å²) in [4.78, 5) is 25.3. The number of carbonyl (C=O) groups excluding carboxylic acids is 2. The average molecular weight is 453 g/mol. The molecule has 3 saturated carbocycles. The van der Waals surface area contributed by atoms with Crippen molar-refractivity contribution < 1.29 is 19.1 Å². The Morgan fingerprint density at radius 2 is 1.88 bits per heavy atom. The predicted molar refractivity (Wildman–Crippen MR) is 126 cm³/mol. The van der Waals surface area contributed by atoms with Crippen molar-refractivity contribution in [2.75, 3.05) is 0 Å². The molecule has 4 aliphatic rings. The van der Waals surface area contributed by atoms with Gasteiger partial charge in [-0.1, -0.05) is 18.6 Å². The van der Waals surface area contributed by atoms with Crippen LogP contribution in [0.15, 0.2) is 23.8 Å². The first-order valence-electron chi connectivity index (χ1n) is 12.9. The molecule has 0 saturated heterocycles. The van der Waals surface area contributed by atoms with E-state index in [-0.39, 0.29) is 34.6 Å². The lowest BCUT2D eigenvalue weighted by molar-refractivity contribution is -0.149. The van der Waals surface area contributed by atoms with Gasteiger partial charge in [-0.2, -0.15) is 0 Å². The summed E-state index contributed by atoms with van der Waals surface area (Å²) in [7, 11) is 0. The molecule has 0 aliphatic heterocycles. The van der Waals surface area contributed by atoms with Gasteiger partial charge in [0, 0.05) is 18.8 Å². The highest BCUT2D eigenvalue weighted by atomic mass is 19.1. The van der Waals surface area contributed by atoms with E-state index in [1.165, 1.54) is 5.57 Å². The Kier molecular flexibility index (Phi) is 5.67. The van der Waals surface area contributed by atoms with Gasteiger partial charge in [-0.25, -0.2) is 4.39 Å². The Bertz CT molecular complexity index is 1000. The molecule has 1 N–H and O–H groups in total. The van der Waals surface area contributed by atoms with Gasteiger partial charge in [0.05, 0.1) is 5.60 Å². The summed E-state index contributed by atoms with van der Waals surface area (Å²) >= 11 is 0. The lowest BCUT2D eigenvalue weighted by atomic mass is 9.48. The summed E-state index contributed by atoms with van der Waals surface area (Å²) in [6.07, 6.45) is 9.37. The summed E-state index contributed by atoms with van der Waals surface area (Å²) in [5.41, 5.74) is 2.90. The van der Waals surface area contributed by atoms with Crippen LogP contribution in [0, 0.1) is 48.8 Å². The number of fused-ring (bicyclic) bond motifs is 5. The van der Waals surface area contributed by atoms with Gasteiger partial charge in [0.1, 0.15) is 11.6 Å². The largest absolute Gasteiger partial charge is 0.389 e. The zero-order valence-corrected chi connectivity index (χ0v) is 20.3. The molecule has 0 spiro atoms. The van der Waals surface area contributed by atoms with Crippen LogP contribution < -0.4 is 0 Å². The molecule has 4 heteroatoms. The first kappa shape index (κ1) is 23.0. The molecule has 4 aliphatic carbocycles. The molecule has 1 aromatic carbocycles. The molecular formula is C29H37FO3. The standard InChI is InChI=1S/C29H37FO3/c1-17-14-18(2)21(26(30)15-17)6-9-27(32)25-8-7-24-22-5-4-19-16-20(31)10-12-28(19,3)23(22)11-13-29(24,25)33/h14-16,22-25,33H,4-13H2,1-3H3. The molecule has 0 aromatic heterocycles. The van der Waals surface area contributed by atoms with Crippen molar-refractivity contribution in [2.45, 2.75) is 90.6 Å². The molecule has 1 aromatic rings. The van der Waals surface area contributed by atoms with Crippen molar-refractivity contribution in [3.63, 3.8) is 0 Å². The Morgan fingerprint density at radius 1 is 1.09 bits per heavy atom. The molecule has 3 nitrogen and oxygen atoms in total. The molecule has 178 valence electrons. The number of benzene rings is 1. The Morgan fingerprint density at radius 3 is 2.64 bits per heavy atom. The fourth-order valence-electron chi connectivity index (χ4n) is 8.33. The number of hydrogen-bond donors (Lipinski definition) is 1. The highest BCUT2D eigenvalue weighted by Crippen LogP contribution is 2.63. The zero-order chi connectivity index (χ0) is 23.5. The van der Waals surface area contributed by atoms with Gasteiger partial charge in [-0.05, 0) is 117 Å². The van der Waals surface area contributed by atoms with Crippen LogP contribution in [-0.4, -0.2) is 22.3 Å². The monoisotopic (exact) mass is 452 g/mol. The highest BCUT2D eigenvalue weighted by Gasteiger charge is 2.61. The number of Topliss-reactive ketones (excluding diaryl/α,β-unsaturated/α-hetero) is 1. The minimum absolute atomic E-state index is 0.0702. The molecule has 0 bridgehead atoms. The number of aliphatic hydroxyl groups is 1. The summed E-state index contributed by atoms with van der Waals surface area (Å²) in [6, 6.07) is 3.51. The molecule has 33 heavy (non-hydrogen) atoms. The Balaban J connectivity index is 1.32. The number of aryl methyl sites for hydroxylation is 2. The second kappa shape index (κ2) is 8.15. The third-order valence-electron chi connectivity index (χ3n) is 10.00. The summed E-state index contributed by atoms with van der Waals surface area (Å²) in [5, 5.41) is 11.9. The van der Waals surface area contributed by atoms with Gasteiger partial charge in [0.15, 0.2) is 5.78 Å². The number of halogens is 1. The van der Waals surface area contributed by atoms with E-state index < -0.39 is 5.60 Å². The second-order valence-corrected chi connectivity index (χ2v) is 11.6. The summed E-state index contributed by atoms with van der Waals surface area (Å²) in [5.74, 6) is 0.898. The minimum atomic E-state index is -0.915. The van der Waals surface area contributed by atoms with Crippen molar-refractivity contribution in [2.24, 2.45) is 29.1 Å². The minimum Gasteiger partial charge on any atom is -0.389 e. The average Bonchev–Trinajstić information content (AvgIpc) is 3.10. The van der Waals surface area contributed by atoms with Gasteiger partial charge >= 0.3 is 0 Å². The third kappa shape index (κ3) is 3.64. The van der Waals surface area contributed by atoms with Crippen LogP contribution in [0.25, 0.3) is 0 Å². The number of allylic oxidation sites excluding steroid dienone is 1. The maximum Gasteiger partial charge on any atom is 0.155 e. The molecule has 6 atom stereocenters. The van der Waals surface area contributed by atoms with Crippen LogP contribution >= 0.6 is 0 Å². The van der Waals surface area contributed by atoms with E-state index in [4.69, 9.17) is 0 Å². The van der Waals surface area contributed by atoms with E-state index in [1.54, 1.807) is 6.07 Å². The number of hydrogen-bond acceptors (Lipinski definition) is 3. The number of carbonyl (C=O) groups is 2.